The van der Waals surface area contributed by atoms with Gasteiger partial charge in [0.2, 0.25) is 5.91 Å². The summed E-state index contributed by atoms with van der Waals surface area (Å²) in [5, 5.41) is 2.83. The minimum atomic E-state index is -0.652. The molecule has 5 nitrogen and oxygen atoms in total. The molecule has 23 heavy (non-hydrogen) atoms. The van der Waals surface area contributed by atoms with Crippen molar-refractivity contribution < 1.29 is 4.79 Å². The number of amides is 1. The molecule has 0 saturated carbocycles. The van der Waals surface area contributed by atoms with Crippen LogP contribution in [0.1, 0.15) is 24.1 Å². The first-order valence-corrected chi connectivity index (χ1v) is 7.60. The third-order valence-electron chi connectivity index (χ3n) is 4.26. The highest BCUT2D eigenvalue weighted by molar-refractivity contribution is 6.04. The Morgan fingerprint density at radius 3 is 2.65 bits per heavy atom. The molecular formula is C18H15N3O2. The molecule has 1 N–H and O–H groups in total. The number of aryl methyl sites for hydroxylation is 1. The van der Waals surface area contributed by atoms with E-state index in [2.05, 4.69) is 10.3 Å². The summed E-state index contributed by atoms with van der Waals surface area (Å²) >= 11 is 0. The Kier molecular flexibility index (Phi) is 3.01. The average Bonchev–Trinajstić information content (AvgIpc) is 2.90. The number of anilines is 1. The molecule has 2 heterocycles. The summed E-state index contributed by atoms with van der Waals surface area (Å²) in [6.45, 7) is 2.45. The molecule has 0 spiro atoms. The predicted molar refractivity (Wildman–Crippen MR) is 88.6 cm³/mol. The van der Waals surface area contributed by atoms with Crippen LogP contribution in [0.5, 0.6) is 0 Å². The molecule has 3 aromatic rings. The normalized spacial score (nSPS) is 16.4. The number of nitrogens with zero attached hydrogens (tertiary/aromatic N) is 2. The number of nitrogens with one attached hydrogen (secondary N) is 1. The minimum absolute atomic E-state index is 0.200. The zero-order valence-corrected chi connectivity index (χ0v) is 12.6. The molecule has 1 aliphatic heterocycles. The average molecular weight is 305 g/mol. The topological polar surface area (TPSA) is 64.0 Å². The van der Waals surface area contributed by atoms with Crippen molar-refractivity contribution in [2.24, 2.45) is 0 Å². The molecule has 0 bridgehead atoms. The fourth-order valence-corrected chi connectivity index (χ4v) is 3.19. The van der Waals surface area contributed by atoms with E-state index in [9.17, 15) is 9.59 Å². The lowest BCUT2D eigenvalue weighted by molar-refractivity contribution is -0.116. The Labute approximate surface area is 132 Å². The molecule has 0 unspecified atom stereocenters. The van der Waals surface area contributed by atoms with Crippen LogP contribution >= 0.6 is 0 Å². The fourth-order valence-electron chi connectivity index (χ4n) is 3.19. The van der Waals surface area contributed by atoms with Crippen LogP contribution in [0.4, 0.5) is 5.69 Å². The van der Waals surface area contributed by atoms with Crippen LogP contribution in [0.2, 0.25) is 0 Å². The third kappa shape index (κ3) is 1.97. The Balaban J connectivity index is 2.02. The summed E-state index contributed by atoms with van der Waals surface area (Å²) in [6.07, 6.45) is 0. The van der Waals surface area contributed by atoms with Gasteiger partial charge in [0.05, 0.1) is 11.0 Å². The zero-order chi connectivity index (χ0) is 16.0. The molecule has 0 aliphatic carbocycles. The number of hydrogen-bond acceptors (Lipinski definition) is 3. The number of rotatable bonds is 2. The quantitative estimate of drug-likeness (QED) is 0.791. The summed E-state index contributed by atoms with van der Waals surface area (Å²) in [7, 11) is 0. The highest BCUT2D eigenvalue weighted by Gasteiger charge is 2.35. The van der Waals surface area contributed by atoms with E-state index in [1.807, 2.05) is 55.5 Å². The maximum absolute atomic E-state index is 12.9. The molecule has 5 heteroatoms. The first-order chi connectivity index (χ1) is 11.2. The maximum atomic E-state index is 12.9. The van der Waals surface area contributed by atoms with Gasteiger partial charge in [0, 0.05) is 12.2 Å². The van der Waals surface area contributed by atoms with E-state index in [0.717, 1.165) is 22.3 Å². The molecule has 1 aromatic heterocycles. The highest BCUT2D eigenvalue weighted by atomic mass is 16.2. The van der Waals surface area contributed by atoms with Gasteiger partial charge in [0.25, 0.3) is 5.56 Å². The number of benzene rings is 2. The Hall–Kier alpha value is -2.95. The van der Waals surface area contributed by atoms with Gasteiger partial charge in [-0.25, -0.2) is 4.98 Å². The summed E-state index contributed by atoms with van der Waals surface area (Å²) in [4.78, 5) is 29.8. The summed E-state index contributed by atoms with van der Waals surface area (Å²) in [5.74, 6) is -0.852. The lowest BCUT2D eigenvalue weighted by Gasteiger charge is -2.13. The second kappa shape index (κ2) is 5.05. The number of para-hydroxylation sites is 3. The van der Waals surface area contributed by atoms with Crippen molar-refractivity contribution in [1.82, 2.24) is 9.55 Å². The van der Waals surface area contributed by atoms with E-state index in [0.29, 0.717) is 6.54 Å². The Morgan fingerprint density at radius 1 is 1.09 bits per heavy atom. The van der Waals surface area contributed by atoms with Crippen LogP contribution in [0, 0.1) is 0 Å². The molecule has 2 aromatic carbocycles. The van der Waals surface area contributed by atoms with Crippen molar-refractivity contribution in [1.29, 1.82) is 0 Å². The van der Waals surface area contributed by atoms with Gasteiger partial charge < -0.3 is 9.88 Å². The molecular weight excluding hydrogens is 290 g/mol. The van der Waals surface area contributed by atoms with E-state index < -0.39 is 5.92 Å². The smallest absolute Gasteiger partial charge is 0.273 e. The number of carbonyl (C=O) groups excluding carboxylic acids is 1. The molecule has 0 fully saturated rings. The second-order valence-corrected chi connectivity index (χ2v) is 5.54. The standard InChI is InChI=1S/C18H15N3O2/c1-2-21-14-10-6-5-9-13(14)19-16(18(21)23)15-11-7-3-4-8-12(11)20-17(15)22/h3-10,15H,2H2,1H3,(H,20,22)/t15-/m0/s1. The van der Waals surface area contributed by atoms with Gasteiger partial charge >= 0.3 is 0 Å². The van der Waals surface area contributed by atoms with Gasteiger partial charge in [-0.05, 0) is 30.7 Å². The molecule has 1 atom stereocenters. The molecule has 1 aliphatic rings. The van der Waals surface area contributed by atoms with Crippen LogP contribution < -0.4 is 10.9 Å². The van der Waals surface area contributed by atoms with E-state index in [1.54, 1.807) is 4.57 Å². The van der Waals surface area contributed by atoms with Crippen LogP contribution in [0.25, 0.3) is 11.0 Å². The van der Waals surface area contributed by atoms with Gasteiger partial charge in [-0.3, -0.25) is 9.59 Å². The SMILES string of the molecule is CCn1c(=O)c([C@H]2C(=O)Nc3ccccc32)nc2ccccc21. The van der Waals surface area contributed by atoms with Crippen molar-refractivity contribution in [3.8, 4) is 0 Å². The number of fused-ring (bicyclic) bond motifs is 2. The van der Waals surface area contributed by atoms with Crippen LogP contribution in [-0.4, -0.2) is 15.5 Å². The molecule has 0 saturated heterocycles. The Bertz CT molecular complexity index is 991. The molecule has 114 valence electrons. The van der Waals surface area contributed by atoms with Gasteiger partial charge in [-0.15, -0.1) is 0 Å². The number of hydrogen-bond donors (Lipinski definition) is 1. The van der Waals surface area contributed by atoms with Crippen molar-refractivity contribution in [3.63, 3.8) is 0 Å². The lowest BCUT2D eigenvalue weighted by Crippen LogP contribution is -2.29. The van der Waals surface area contributed by atoms with Crippen molar-refractivity contribution in [2.75, 3.05) is 5.32 Å². The first kappa shape index (κ1) is 13.7. The van der Waals surface area contributed by atoms with Crippen LogP contribution in [0.3, 0.4) is 0 Å². The fraction of sp³-hybridized carbons (Fsp3) is 0.167. The Morgan fingerprint density at radius 2 is 1.83 bits per heavy atom. The van der Waals surface area contributed by atoms with E-state index in [-0.39, 0.29) is 17.2 Å². The third-order valence-corrected chi connectivity index (χ3v) is 4.26. The summed E-state index contributed by atoms with van der Waals surface area (Å²) in [6, 6.07) is 14.9. The van der Waals surface area contributed by atoms with Crippen molar-refractivity contribution in [3.05, 3.63) is 70.1 Å². The van der Waals surface area contributed by atoms with Gasteiger partial charge in [0.1, 0.15) is 11.6 Å². The largest absolute Gasteiger partial charge is 0.325 e. The summed E-state index contributed by atoms with van der Waals surface area (Å²) in [5.41, 5.74) is 3.15. The number of carbonyl (C=O) groups is 1. The molecule has 0 radical (unpaired) electrons. The van der Waals surface area contributed by atoms with E-state index in [4.69, 9.17) is 0 Å². The lowest BCUT2D eigenvalue weighted by atomic mass is 9.97. The van der Waals surface area contributed by atoms with Gasteiger partial charge in [0.15, 0.2) is 0 Å². The van der Waals surface area contributed by atoms with Gasteiger partial charge in [-0.2, -0.15) is 0 Å². The van der Waals surface area contributed by atoms with Gasteiger partial charge in [-0.1, -0.05) is 30.3 Å². The highest BCUT2D eigenvalue weighted by Crippen LogP contribution is 2.35. The van der Waals surface area contributed by atoms with Crippen LogP contribution in [0.15, 0.2) is 53.3 Å². The van der Waals surface area contributed by atoms with Crippen molar-refractivity contribution in [2.45, 2.75) is 19.4 Å². The second-order valence-electron chi connectivity index (χ2n) is 5.54. The monoisotopic (exact) mass is 305 g/mol. The maximum Gasteiger partial charge on any atom is 0.273 e. The summed E-state index contributed by atoms with van der Waals surface area (Å²) < 4.78 is 1.67. The van der Waals surface area contributed by atoms with E-state index in [1.165, 1.54) is 0 Å². The first-order valence-electron chi connectivity index (χ1n) is 7.60. The van der Waals surface area contributed by atoms with Crippen molar-refractivity contribution >= 4 is 22.6 Å². The van der Waals surface area contributed by atoms with Crippen LogP contribution in [-0.2, 0) is 11.3 Å². The molecule has 4 rings (SSSR count). The van der Waals surface area contributed by atoms with E-state index >= 15 is 0 Å². The predicted octanol–water partition coefficient (Wildman–Crippen LogP) is 2.50. The number of aromatic nitrogens is 2. The zero-order valence-electron chi connectivity index (χ0n) is 12.6. The minimum Gasteiger partial charge on any atom is -0.325 e. The molecule has 1 amide bonds.